The third-order valence-corrected chi connectivity index (χ3v) is 5.28. The van der Waals surface area contributed by atoms with Crippen molar-refractivity contribution in [3.05, 3.63) is 53.3 Å². The molecule has 2 aromatic carbocycles. The Morgan fingerprint density at radius 3 is 2.29 bits per heavy atom. The molecule has 0 atom stereocenters. The number of carbonyl (C=O) groups excluding carboxylic acids is 3. The van der Waals surface area contributed by atoms with E-state index in [1.807, 2.05) is 4.90 Å². The second-order valence-corrected chi connectivity index (χ2v) is 7.43. The summed E-state index contributed by atoms with van der Waals surface area (Å²) in [5.74, 6) is -0.0436. The molecule has 0 unspecified atom stereocenters. The lowest BCUT2D eigenvalue weighted by atomic mass is 10.1. The number of rotatable bonds is 5. The van der Waals surface area contributed by atoms with Gasteiger partial charge < -0.3 is 19.7 Å². The van der Waals surface area contributed by atoms with Crippen molar-refractivity contribution < 1.29 is 28.2 Å². The largest absolute Gasteiger partial charge is 0.454 e. The van der Waals surface area contributed by atoms with Gasteiger partial charge in [0.1, 0.15) is 5.82 Å². The first-order valence-corrected chi connectivity index (χ1v) is 9.92. The van der Waals surface area contributed by atoms with E-state index in [1.165, 1.54) is 31.2 Å². The fourth-order valence-corrected chi connectivity index (χ4v) is 3.61. The fourth-order valence-electron chi connectivity index (χ4n) is 3.61. The van der Waals surface area contributed by atoms with Gasteiger partial charge in [-0.1, -0.05) is 0 Å². The first-order chi connectivity index (χ1) is 14.9. The molecule has 31 heavy (non-hydrogen) atoms. The van der Waals surface area contributed by atoms with Crippen LogP contribution >= 0.6 is 0 Å². The Morgan fingerprint density at radius 1 is 1.00 bits per heavy atom. The van der Waals surface area contributed by atoms with Gasteiger partial charge in [-0.15, -0.1) is 0 Å². The zero-order valence-corrected chi connectivity index (χ0v) is 17.0. The standard InChI is InChI=1S/C22H22FN3O5/c1-14(27)17-10-19-20(31-13-30-19)11-18(17)24-21(28)12-25-6-8-26(9-7-25)22(29)15-2-4-16(23)5-3-15/h2-5,10-11H,6-9,12-13H2,1H3,(H,24,28). The predicted molar refractivity (Wildman–Crippen MR) is 110 cm³/mol. The Morgan fingerprint density at radius 2 is 1.65 bits per heavy atom. The van der Waals surface area contributed by atoms with Gasteiger partial charge in [0.2, 0.25) is 12.7 Å². The van der Waals surface area contributed by atoms with Crippen LogP contribution in [0.25, 0.3) is 0 Å². The molecule has 1 N–H and O–H groups in total. The number of fused-ring (bicyclic) bond motifs is 1. The molecule has 0 aromatic heterocycles. The van der Waals surface area contributed by atoms with E-state index in [9.17, 15) is 18.8 Å². The van der Waals surface area contributed by atoms with Gasteiger partial charge in [0.05, 0.1) is 12.2 Å². The SMILES string of the molecule is CC(=O)c1cc2c(cc1NC(=O)CN1CCN(C(=O)c3ccc(F)cc3)CC1)OCO2. The Labute approximate surface area is 178 Å². The number of nitrogens with one attached hydrogen (secondary N) is 1. The average Bonchev–Trinajstić information content (AvgIpc) is 3.21. The lowest BCUT2D eigenvalue weighted by molar-refractivity contribution is -0.117. The fraction of sp³-hybridized carbons (Fsp3) is 0.318. The highest BCUT2D eigenvalue weighted by Gasteiger charge is 2.25. The Balaban J connectivity index is 1.33. The monoisotopic (exact) mass is 427 g/mol. The summed E-state index contributed by atoms with van der Waals surface area (Å²) in [4.78, 5) is 40.7. The zero-order valence-electron chi connectivity index (χ0n) is 17.0. The van der Waals surface area contributed by atoms with E-state index in [1.54, 1.807) is 17.0 Å². The summed E-state index contributed by atoms with van der Waals surface area (Å²) in [6.07, 6.45) is 0. The van der Waals surface area contributed by atoms with Gasteiger partial charge >= 0.3 is 0 Å². The molecule has 1 saturated heterocycles. The average molecular weight is 427 g/mol. The molecule has 2 aliphatic heterocycles. The second kappa shape index (κ2) is 8.73. The van der Waals surface area contributed by atoms with Gasteiger partial charge in [0.15, 0.2) is 17.3 Å². The summed E-state index contributed by atoms with van der Waals surface area (Å²) in [6.45, 7) is 3.61. The van der Waals surface area contributed by atoms with E-state index in [2.05, 4.69) is 5.32 Å². The lowest BCUT2D eigenvalue weighted by Crippen LogP contribution is -2.50. The number of benzene rings is 2. The summed E-state index contributed by atoms with van der Waals surface area (Å²) < 4.78 is 23.7. The molecule has 2 amide bonds. The summed E-state index contributed by atoms with van der Waals surface area (Å²) in [6, 6.07) is 8.62. The maximum atomic E-state index is 13.1. The molecular weight excluding hydrogens is 405 g/mol. The van der Waals surface area contributed by atoms with Crippen LogP contribution < -0.4 is 14.8 Å². The van der Waals surface area contributed by atoms with Crippen molar-refractivity contribution in [3.8, 4) is 11.5 Å². The van der Waals surface area contributed by atoms with E-state index < -0.39 is 0 Å². The highest BCUT2D eigenvalue weighted by molar-refractivity contribution is 6.05. The van der Waals surface area contributed by atoms with Gasteiger partial charge in [-0.2, -0.15) is 0 Å². The Hall–Kier alpha value is -3.46. The van der Waals surface area contributed by atoms with Gasteiger partial charge in [-0.25, -0.2) is 4.39 Å². The summed E-state index contributed by atoms with van der Waals surface area (Å²) in [7, 11) is 0. The van der Waals surface area contributed by atoms with Crippen LogP contribution in [-0.2, 0) is 4.79 Å². The molecule has 0 bridgehead atoms. The minimum absolute atomic E-state index is 0.0744. The van der Waals surface area contributed by atoms with E-state index in [-0.39, 0.29) is 36.8 Å². The van der Waals surface area contributed by atoms with Crippen molar-refractivity contribution in [2.75, 3.05) is 44.8 Å². The zero-order chi connectivity index (χ0) is 22.0. The van der Waals surface area contributed by atoms with Crippen LogP contribution in [0.4, 0.5) is 10.1 Å². The van der Waals surface area contributed by atoms with E-state index in [0.29, 0.717) is 54.5 Å². The van der Waals surface area contributed by atoms with Crippen LogP contribution in [0.5, 0.6) is 11.5 Å². The summed E-state index contributed by atoms with van der Waals surface area (Å²) >= 11 is 0. The second-order valence-electron chi connectivity index (χ2n) is 7.43. The molecule has 4 rings (SSSR count). The predicted octanol–water partition coefficient (Wildman–Crippen LogP) is 2.15. The quantitative estimate of drug-likeness (QED) is 0.736. The van der Waals surface area contributed by atoms with Gasteiger partial charge in [0, 0.05) is 43.4 Å². The summed E-state index contributed by atoms with van der Waals surface area (Å²) in [5.41, 5.74) is 1.17. The minimum Gasteiger partial charge on any atom is -0.454 e. The maximum Gasteiger partial charge on any atom is 0.253 e. The van der Waals surface area contributed by atoms with Crippen molar-refractivity contribution in [3.63, 3.8) is 0 Å². The van der Waals surface area contributed by atoms with Crippen molar-refractivity contribution in [1.82, 2.24) is 9.80 Å². The minimum atomic E-state index is -0.386. The first kappa shape index (κ1) is 20.8. The molecule has 2 heterocycles. The van der Waals surface area contributed by atoms with Gasteiger partial charge in [-0.3, -0.25) is 19.3 Å². The van der Waals surface area contributed by atoms with Crippen LogP contribution in [0.3, 0.4) is 0 Å². The molecule has 162 valence electrons. The highest BCUT2D eigenvalue weighted by Crippen LogP contribution is 2.37. The number of hydrogen-bond donors (Lipinski definition) is 1. The van der Waals surface area contributed by atoms with E-state index >= 15 is 0 Å². The molecule has 0 aliphatic carbocycles. The number of Topliss-reactive ketones (excluding diaryl/α,β-unsaturated/α-hetero) is 1. The molecule has 1 fully saturated rings. The lowest BCUT2D eigenvalue weighted by Gasteiger charge is -2.34. The first-order valence-electron chi connectivity index (χ1n) is 9.92. The van der Waals surface area contributed by atoms with Crippen molar-refractivity contribution in [2.45, 2.75) is 6.92 Å². The maximum absolute atomic E-state index is 13.1. The third-order valence-electron chi connectivity index (χ3n) is 5.28. The highest BCUT2D eigenvalue weighted by atomic mass is 19.1. The number of carbonyl (C=O) groups is 3. The molecule has 9 heteroatoms. The molecular formula is C22H22FN3O5. The van der Waals surface area contributed by atoms with Crippen LogP contribution in [-0.4, -0.2) is 66.9 Å². The third kappa shape index (κ3) is 4.66. The van der Waals surface area contributed by atoms with Crippen molar-refractivity contribution in [1.29, 1.82) is 0 Å². The van der Waals surface area contributed by atoms with Gasteiger partial charge in [-0.05, 0) is 37.3 Å². The number of amides is 2. The van der Waals surface area contributed by atoms with Crippen molar-refractivity contribution in [2.24, 2.45) is 0 Å². The number of piperazine rings is 1. The summed E-state index contributed by atoms with van der Waals surface area (Å²) in [5, 5.41) is 2.78. The van der Waals surface area contributed by atoms with E-state index in [0.717, 1.165) is 0 Å². The van der Waals surface area contributed by atoms with Crippen LogP contribution in [0.1, 0.15) is 27.6 Å². The molecule has 0 spiro atoms. The smallest absolute Gasteiger partial charge is 0.253 e. The number of nitrogens with zero attached hydrogens (tertiary/aromatic N) is 2. The van der Waals surface area contributed by atoms with Gasteiger partial charge in [0.25, 0.3) is 5.91 Å². The van der Waals surface area contributed by atoms with Crippen molar-refractivity contribution >= 4 is 23.3 Å². The normalized spacial score (nSPS) is 15.6. The van der Waals surface area contributed by atoms with Crippen LogP contribution in [0.15, 0.2) is 36.4 Å². The Bertz CT molecular complexity index is 1020. The van der Waals surface area contributed by atoms with Crippen LogP contribution in [0.2, 0.25) is 0 Å². The van der Waals surface area contributed by atoms with Crippen LogP contribution in [0, 0.1) is 5.82 Å². The number of ether oxygens (including phenoxy) is 2. The topological polar surface area (TPSA) is 88.2 Å². The molecule has 2 aromatic rings. The Kier molecular flexibility index (Phi) is 5.85. The number of anilines is 1. The molecule has 0 radical (unpaired) electrons. The molecule has 0 saturated carbocycles. The van der Waals surface area contributed by atoms with E-state index in [4.69, 9.17) is 9.47 Å². The number of halogens is 1. The number of ketones is 1. The molecule has 8 nitrogen and oxygen atoms in total. The molecule has 2 aliphatic rings. The number of hydrogen-bond acceptors (Lipinski definition) is 6.